The van der Waals surface area contributed by atoms with E-state index < -0.39 is 0 Å². The maximum atomic E-state index is 9.31. The molecule has 0 fully saturated rings. The summed E-state index contributed by atoms with van der Waals surface area (Å²) < 4.78 is 0. The lowest BCUT2D eigenvalue weighted by atomic mass is 10.00. The number of nitrogens with zero attached hydrogens (tertiary/aromatic N) is 1. The van der Waals surface area contributed by atoms with E-state index in [0.29, 0.717) is 0 Å². The highest BCUT2D eigenvalue weighted by Crippen LogP contribution is 2.18. The van der Waals surface area contributed by atoms with E-state index in [4.69, 9.17) is 0 Å². The highest BCUT2D eigenvalue weighted by atomic mass is 16.3. The Balaban J connectivity index is 2.06. The summed E-state index contributed by atoms with van der Waals surface area (Å²) in [7, 11) is 0. The van der Waals surface area contributed by atoms with Crippen LogP contribution in [0.4, 0.5) is 0 Å². The monoisotopic (exact) mass is 191 g/mol. The van der Waals surface area contributed by atoms with Crippen LogP contribution in [0.15, 0.2) is 24.3 Å². The minimum atomic E-state index is -0.222. The third-order valence-corrected chi connectivity index (χ3v) is 2.73. The van der Waals surface area contributed by atoms with Crippen molar-refractivity contribution in [2.75, 3.05) is 13.1 Å². The van der Waals surface area contributed by atoms with E-state index in [0.717, 1.165) is 26.1 Å². The highest BCUT2D eigenvalue weighted by Gasteiger charge is 2.16. The molecule has 0 spiro atoms. The van der Waals surface area contributed by atoms with Crippen LogP contribution in [0, 0.1) is 0 Å². The molecule has 1 heterocycles. The van der Waals surface area contributed by atoms with E-state index in [1.807, 2.05) is 6.92 Å². The molecule has 1 aliphatic rings. The summed E-state index contributed by atoms with van der Waals surface area (Å²) in [5, 5.41) is 9.31. The molecule has 1 aromatic carbocycles. The van der Waals surface area contributed by atoms with Gasteiger partial charge in [0.05, 0.1) is 6.10 Å². The van der Waals surface area contributed by atoms with E-state index in [-0.39, 0.29) is 6.10 Å². The molecule has 0 saturated heterocycles. The summed E-state index contributed by atoms with van der Waals surface area (Å²) in [6, 6.07) is 8.58. The Labute approximate surface area is 85.2 Å². The van der Waals surface area contributed by atoms with Gasteiger partial charge in [0.15, 0.2) is 0 Å². The molecule has 76 valence electrons. The van der Waals surface area contributed by atoms with Gasteiger partial charge in [0.1, 0.15) is 0 Å². The molecule has 0 bridgehead atoms. The number of fused-ring (bicyclic) bond motifs is 1. The van der Waals surface area contributed by atoms with E-state index in [2.05, 4.69) is 29.2 Å². The second-order valence-corrected chi connectivity index (χ2v) is 4.10. The Morgan fingerprint density at radius 1 is 1.36 bits per heavy atom. The molecular weight excluding hydrogens is 174 g/mol. The lowest BCUT2D eigenvalue weighted by molar-refractivity contribution is 0.119. The maximum absolute atomic E-state index is 9.31. The fourth-order valence-electron chi connectivity index (χ4n) is 2.08. The van der Waals surface area contributed by atoms with Gasteiger partial charge < -0.3 is 5.11 Å². The van der Waals surface area contributed by atoms with Crippen molar-refractivity contribution in [1.29, 1.82) is 0 Å². The molecule has 14 heavy (non-hydrogen) atoms. The molecule has 2 rings (SSSR count). The Kier molecular flexibility index (Phi) is 2.85. The minimum Gasteiger partial charge on any atom is -0.392 e. The van der Waals surface area contributed by atoms with E-state index >= 15 is 0 Å². The smallest absolute Gasteiger partial charge is 0.0639 e. The van der Waals surface area contributed by atoms with Crippen LogP contribution in [-0.2, 0) is 13.0 Å². The van der Waals surface area contributed by atoms with Crippen molar-refractivity contribution in [2.24, 2.45) is 0 Å². The van der Waals surface area contributed by atoms with Gasteiger partial charge in [-0.1, -0.05) is 24.3 Å². The van der Waals surface area contributed by atoms with Gasteiger partial charge in [0.25, 0.3) is 0 Å². The first-order valence-electron chi connectivity index (χ1n) is 5.23. The van der Waals surface area contributed by atoms with Crippen LogP contribution in [0.25, 0.3) is 0 Å². The summed E-state index contributed by atoms with van der Waals surface area (Å²) in [5.41, 5.74) is 2.88. The average Bonchev–Trinajstić information content (AvgIpc) is 2.17. The molecule has 0 amide bonds. The van der Waals surface area contributed by atoms with Crippen LogP contribution in [-0.4, -0.2) is 29.2 Å². The Morgan fingerprint density at radius 2 is 2.07 bits per heavy atom. The van der Waals surface area contributed by atoms with E-state index in [9.17, 15) is 5.11 Å². The molecule has 0 saturated carbocycles. The standard InChI is InChI=1S/C12H17NO/c1-10(14)8-13-7-6-11-4-2-3-5-12(11)9-13/h2-5,10,14H,6-9H2,1H3/t10-/m1/s1. The van der Waals surface area contributed by atoms with Crippen LogP contribution < -0.4 is 0 Å². The molecule has 2 nitrogen and oxygen atoms in total. The Morgan fingerprint density at radius 3 is 2.79 bits per heavy atom. The lowest BCUT2D eigenvalue weighted by Crippen LogP contribution is -2.35. The van der Waals surface area contributed by atoms with Crippen molar-refractivity contribution >= 4 is 0 Å². The normalized spacial score (nSPS) is 19.0. The largest absolute Gasteiger partial charge is 0.392 e. The fraction of sp³-hybridized carbons (Fsp3) is 0.500. The van der Waals surface area contributed by atoms with Crippen molar-refractivity contribution in [3.8, 4) is 0 Å². The second kappa shape index (κ2) is 4.11. The van der Waals surface area contributed by atoms with Gasteiger partial charge in [-0.3, -0.25) is 4.90 Å². The number of aliphatic hydroxyl groups is 1. The van der Waals surface area contributed by atoms with E-state index in [1.54, 1.807) is 0 Å². The zero-order valence-corrected chi connectivity index (χ0v) is 8.61. The summed E-state index contributed by atoms with van der Waals surface area (Å²) in [5.74, 6) is 0. The summed E-state index contributed by atoms with van der Waals surface area (Å²) in [6.07, 6.45) is 0.892. The number of benzene rings is 1. The van der Waals surface area contributed by atoms with Crippen molar-refractivity contribution < 1.29 is 5.11 Å². The average molecular weight is 191 g/mol. The second-order valence-electron chi connectivity index (χ2n) is 4.10. The summed E-state index contributed by atoms with van der Waals surface area (Å²) in [6.45, 7) is 4.69. The fourth-order valence-corrected chi connectivity index (χ4v) is 2.08. The highest BCUT2D eigenvalue weighted by molar-refractivity contribution is 5.28. The molecule has 1 aromatic rings. The third-order valence-electron chi connectivity index (χ3n) is 2.73. The molecule has 2 heteroatoms. The van der Waals surface area contributed by atoms with E-state index in [1.165, 1.54) is 11.1 Å². The molecule has 1 aliphatic heterocycles. The first-order valence-corrected chi connectivity index (χ1v) is 5.23. The van der Waals surface area contributed by atoms with Gasteiger partial charge in [0, 0.05) is 19.6 Å². The van der Waals surface area contributed by atoms with Crippen molar-refractivity contribution in [1.82, 2.24) is 4.90 Å². The van der Waals surface area contributed by atoms with Gasteiger partial charge in [-0.15, -0.1) is 0 Å². The molecule has 1 N–H and O–H groups in total. The van der Waals surface area contributed by atoms with Gasteiger partial charge >= 0.3 is 0 Å². The van der Waals surface area contributed by atoms with Gasteiger partial charge in [-0.25, -0.2) is 0 Å². The Hall–Kier alpha value is -0.860. The number of rotatable bonds is 2. The van der Waals surface area contributed by atoms with Gasteiger partial charge in [-0.2, -0.15) is 0 Å². The first kappa shape index (κ1) is 9.69. The first-order chi connectivity index (χ1) is 6.75. The van der Waals surface area contributed by atoms with Crippen molar-refractivity contribution in [3.63, 3.8) is 0 Å². The SMILES string of the molecule is C[C@@H](O)CN1CCc2ccccc2C1. The van der Waals surface area contributed by atoms with Gasteiger partial charge in [-0.05, 0) is 24.5 Å². The molecule has 0 radical (unpaired) electrons. The molecule has 0 aliphatic carbocycles. The number of hydrogen-bond acceptors (Lipinski definition) is 2. The zero-order chi connectivity index (χ0) is 9.97. The Bertz CT molecular complexity index is 309. The number of β-amino-alcohol motifs (C(OH)–C–C–N with tert-alkyl or cyclic N) is 1. The van der Waals surface area contributed by atoms with Gasteiger partial charge in [0.2, 0.25) is 0 Å². The number of hydrogen-bond donors (Lipinski definition) is 1. The van der Waals surface area contributed by atoms with Crippen LogP contribution in [0.1, 0.15) is 18.1 Å². The minimum absolute atomic E-state index is 0.222. The van der Waals surface area contributed by atoms with Crippen LogP contribution >= 0.6 is 0 Å². The predicted molar refractivity (Wildman–Crippen MR) is 57.1 cm³/mol. The third kappa shape index (κ3) is 2.14. The quantitative estimate of drug-likeness (QED) is 0.764. The predicted octanol–water partition coefficient (Wildman–Crippen LogP) is 1.43. The van der Waals surface area contributed by atoms with Crippen LogP contribution in [0.2, 0.25) is 0 Å². The summed E-state index contributed by atoms with van der Waals surface area (Å²) in [4.78, 5) is 2.31. The lowest BCUT2D eigenvalue weighted by Gasteiger charge is -2.29. The van der Waals surface area contributed by atoms with Crippen LogP contribution in [0.5, 0.6) is 0 Å². The van der Waals surface area contributed by atoms with Crippen molar-refractivity contribution in [3.05, 3.63) is 35.4 Å². The maximum Gasteiger partial charge on any atom is 0.0639 e. The zero-order valence-electron chi connectivity index (χ0n) is 8.61. The van der Waals surface area contributed by atoms with Crippen LogP contribution in [0.3, 0.4) is 0 Å². The van der Waals surface area contributed by atoms with Crippen molar-refractivity contribution in [2.45, 2.75) is 26.0 Å². The summed E-state index contributed by atoms with van der Waals surface area (Å²) >= 11 is 0. The molecular formula is C12H17NO. The number of aliphatic hydroxyl groups excluding tert-OH is 1. The molecule has 0 aromatic heterocycles. The topological polar surface area (TPSA) is 23.5 Å². The molecule has 1 atom stereocenters. The molecule has 0 unspecified atom stereocenters.